The molecule has 1 aliphatic rings. The average Bonchev–Trinajstić information content (AvgIpc) is 3.02. The molecule has 0 aliphatic heterocycles. The van der Waals surface area contributed by atoms with Crippen molar-refractivity contribution in [3.8, 4) is 6.07 Å². The van der Waals surface area contributed by atoms with Crippen LogP contribution in [0.1, 0.15) is 24.3 Å². The van der Waals surface area contributed by atoms with Gasteiger partial charge in [-0.15, -0.1) is 0 Å². The van der Waals surface area contributed by atoms with E-state index in [0.717, 1.165) is 5.56 Å². The molecule has 1 saturated carbocycles. The molecule has 1 aliphatic carbocycles. The van der Waals surface area contributed by atoms with E-state index in [1.165, 1.54) is 0 Å². The molecular formula is C12H10NO2-. The minimum absolute atomic E-state index is 0.544. The molecule has 0 radical (unpaired) electrons. The number of rotatable bonds is 3. The smallest absolute Gasteiger partial charge is 0.0821 e. The van der Waals surface area contributed by atoms with Gasteiger partial charge in [-0.25, -0.2) is 0 Å². The number of benzene rings is 1. The highest BCUT2D eigenvalue weighted by atomic mass is 16.4. The summed E-state index contributed by atoms with van der Waals surface area (Å²) in [5.74, 6) is -1.68. The second-order valence-corrected chi connectivity index (χ2v) is 3.92. The van der Waals surface area contributed by atoms with Gasteiger partial charge in [0.2, 0.25) is 0 Å². The van der Waals surface area contributed by atoms with Gasteiger partial charge in [-0.2, -0.15) is 5.26 Å². The molecule has 0 N–H and O–H groups in total. The lowest BCUT2D eigenvalue weighted by Gasteiger charge is -2.22. The van der Waals surface area contributed by atoms with E-state index < -0.39 is 17.3 Å². The van der Waals surface area contributed by atoms with Gasteiger partial charge in [-0.1, -0.05) is 30.3 Å². The fraction of sp³-hybridized carbons (Fsp3) is 0.333. The SMILES string of the molecule is N#CC(c1ccccc1)C1(C(=O)[O-])CC1. The fourth-order valence-corrected chi connectivity index (χ4v) is 1.91. The van der Waals surface area contributed by atoms with Crippen LogP contribution in [-0.4, -0.2) is 5.97 Å². The third kappa shape index (κ3) is 1.48. The quantitative estimate of drug-likeness (QED) is 0.725. The summed E-state index contributed by atoms with van der Waals surface area (Å²) in [5.41, 5.74) is -0.169. The summed E-state index contributed by atoms with van der Waals surface area (Å²) in [6, 6.07) is 11.1. The molecule has 1 aromatic rings. The van der Waals surface area contributed by atoms with E-state index in [-0.39, 0.29) is 0 Å². The summed E-state index contributed by atoms with van der Waals surface area (Å²) in [7, 11) is 0. The Labute approximate surface area is 88.0 Å². The van der Waals surface area contributed by atoms with E-state index in [9.17, 15) is 9.90 Å². The van der Waals surface area contributed by atoms with Crippen LogP contribution < -0.4 is 5.11 Å². The number of hydrogen-bond acceptors (Lipinski definition) is 3. The number of carbonyl (C=O) groups is 1. The van der Waals surface area contributed by atoms with Crippen molar-refractivity contribution < 1.29 is 9.90 Å². The highest BCUT2D eigenvalue weighted by molar-refractivity contribution is 5.78. The number of carbonyl (C=O) groups excluding carboxylic acids is 1. The van der Waals surface area contributed by atoms with E-state index in [1.54, 1.807) is 12.1 Å². The van der Waals surface area contributed by atoms with Gasteiger partial charge in [0.25, 0.3) is 0 Å². The normalized spacial score (nSPS) is 18.9. The summed E-state index contributed by atoms with van der Waals surface area (Å²) in [6.45, 7) is 0. The largest absolute Gasteiger partial charge is 0.549 e. The molecule has 0 saturated heterocycles. The predicted molar refractivity (Wildman–Crippen MR) is 51.5 cm³/mol. The summed E-state index contributed by atoms with van der Waals surface area (Å²) in [4.78, 5) is 11.0. The van der Waals surface area contributed by atoms with Gasteiger partial charge in [0, 0.05) is 11.4 Å². The molecule has 1 fully saturated rings. The molecule has 76 valence electrons. The van der Waals surface area contributed by atoms with E-state index in [0.29, 0.717) is 12.8 Å². The van der Waals surface area contributed by atoms with Crippen LogP contribution in [0.2, 0.25) is 0 Å². The standard InChI is InChI=1S/C12H11NO2/c13-8-10(9-4-2-1-3-5-9)12(6-7-12)11(14)15/h1-5,10H,6-7H2,(H,14,15)/p-1. The Morgan fingerprint density at radius 1 is 1.40 bits per heavy atom. The van der Waals surface area contributed by atoms with E-state index in [4.69, 9.17) is 5.26 Å². The minimum atomic E-state index is -1.10. The van der Waals surface area contributed by atoms with Crippen molar-refractivity contribution in [3.63, 3.8) is 0 Å². The second-order valence-electron chi connectivity index (χ2n) is 3.92. The third-order valence-corrected chi connectivity index (χ3v) is 3.01. The number of carboxylic acids is 1. The molecule has 1 aromatic carbocycles. The summed E-state index contributed by atoms with van der Waals surface area (Å²) in [5, 5.41) is 20.1. The molecule has 2 rings (SSSR count). The van der Waals surface area contributed by atoms with E-state index in [1.807, 2.05) is 18.2 Å². The summed E-state index contributed by atoms with van der Waals surface area (Å²) in [6.07, 6.45) is 1.09. The second kappa shape index (κ2) is 3.39. The fourth-order valence-electron chi connectivity index (χ4n) is 1.91. The molecule has 15 heavy (non-hydrogen) atoms. The Balaban J connectivity index is 2.35. The molecular weight excluding hydrogens is 190 g/mol. The monoisotopic (exact) mass is 200 g/mol. The Bertz CT molecular complexity index is 415. The van der Waals surface area contributed by atoms with Crippen LogP contribution in [0, 0.1) is 16.7 Å². The highest BCUT2D eigenvalue weighted by Crippen LogP contribution is 2.55. The molecule has 3 nitrogen and oxygen atoms in total. The van der Waals surface area contributed by atoms with Crippen molar-refractivity contribution in [1.29, 1.82) is 5.26 Å². The van der Waals surface area contributed by atoms with Crippen LogP contribution in [0.3, 0.4) is 0 Å². The lowest BCUT2D eigenvalue weighted by molar-refractivity contribution is -0.314. The zero-order valence-corrected chi connectivity index (χ0v) is 8.14. The highest BCUT2D eigenvalue weighted by Gasteiger charge is 2.51. The molecule has 0 spiro atoms. The molecule has 1 atom stereocenters. The first-order chi connectivity index (χ1) is 7.20. The maximum absolute atomic E-state index is 11.0. The van der Waals surface area contributed by atoms with Crippen LogP contribution in [-0.2, 0) is 4.79 Å². The number of hydrogen-bond donors (Lipinski definition) is 0. The van der Waals surface area contributed by atoms with Crippen molar-refractivity contribution in [3.05, 3.63) is 35.9 Å². The minimum Gasteiger partial charge on any atom is -0.549 e. The van der Waals surface area contributed by atoms with Crippen molar-refractivity contribution in [2.75, 3.05) is 0 Å². The molecule has 3 heteroatoms. The van der Waals surface area contributed by atoms with Gasteiger partial charge in [0.15, 0.2) is 0 Å². The zero-order valence-electron chi connectivity index (χ0n) is 8.14. The van der Waals surface area contributed by atoms with Gasteiger partial charge in [0.1, 0.15) is 0 Å². The Morgan fingerprint density at radius 2 is 2.00 bits per heavy atom. The Kier molecular flexibility index (Phi) is 2.20. The van der Waals surface area contributed by atoms with Gasteiger partial charge in [0.05, 0.1) is 12.0 Å². The zero-order chi connectivity index (χ0) is 10.9. The van der Waals surface area contributed by atoms with Crippen molar-refractivity contribution in [2.45, 2.75) is 18.8 Å². The Morgan fingerprint density at radius 3 is 2.40 bits per heavy atom. The lowest BCUT2D eigenvalue weighted by atomic mass is 9.84. The maximum atomic E-state index is 11.0. The molecule has 0 aromatic heterocycles. The third-order valence-electron chi connectivity index (χ3n) is 3.01. The summed E-state index contributed by atoms with van der Waals surface area (Å²) >= 11 is 0. The van der Waals surface area contributed by atoms with Crippen molar-refractivity contribution in [2.24, 2.45) is 5.41 Å². The van der Waals surface area contributed by atoms with E-state index >= 15 is 0 Å². The predicted octanol–water partition coefficient (Wildman–Crippen LogP) is 0.824. The first kappa shape index (κ1) is 9.72. The van der Waals surface area contributed by atoms with Crippen LogP contribution in [0.4, 0.5) is 0 Å². The number of nitrogens with zero attached hydrogens (tertiary/aromatic N) is 1. The first-order valence-electron chi connectivity index (χ1n) is 4.87. The Hall–Kier alpha value is -1.82. The van der Waals surface area contributed by atoms with Crippen LogP contribution in [0.25, 0.3) is 0 Å². The number of carboxylic acid groups (broad SMARTS) is 1. The molecule has 0 heterocycles. The number of nitriles is 1. The first-order valence-corrected chi connectivity index (χ1v) is 4.87. The van der Waals surface area contributed by atoms with Crippen LogP contribution >= 0.6 is 0 Å². The summed E-state index contributed by atoms with van der Waals surface area (Å²) < 4.78 is 0. The topological polar surface area (TPSA) is 63.9 Å². The van der Waals surface area contributed by atoms with Gasteiger partial charge in [-0.05, 0) is 18.4 Å². The average molecular weight is 200 g/mol. The molecule has 0 amide bonds. The van der Waals surface area contributed by atoms with Crippen LogP contribution in [0.15, 0.2) is 30.3 Å². The van der Waals surface area contributed by atoms with Crippen LogP contribution in [0.5, 0.6) is 0 Å². The van der Waals surface area contributed by atoms with Crippen molar-refractivity contribution >= 4 is 5.97 Å². The molecule has 0 bridgehead atoms. The number of aliphatic carboxylic acids is 1. The van der Waals surface area contributed by atoms with Gasteiger partial charge >= 0.3 is 0 Å². The lowest BCUT2D eigenvalue weighted by Crippen LogP contribution is -2.36. The van der Waals surface area contributed by atoms with Gasteiger partial charge < -0.3 is 9.90 Å². The van der Waals surface area contributed by atoms with Crippen molar-refractivity contribution in [1.82, 2.24) is 0 Å². The van der Waals surface area contributed by atoms with E-state index in [2.05, 4.69) is 6.07 Å². The van der Waals surface area contributed by atoms with Gasteiger partial charge in [-0.3, -0.25) is 0 Å². The maximum Gasteiger partial charge on any atom is 0.0821 e. The molecule has 1 unspecified atom stereocenters.